The van der Waals surface area contributed by atoms with Gasteiger partial charge >= 0.3 is 5.97 Å². The van der Waals surface area contributed by atoms with Crippen molar-refractivity contribution in [2.45, 2.75) is 6.92 Å². The van der Waals surface area contributed by atoms with E-state index in [0.717, 1.165) is 0 Å². The second-order valence-corrected chi connectivity index (χ2v) is 3.58. The lowest BCUT2D eigenvalue weighted by molar-refractivity contribution is 0.0519. The Labute approximate surface area is 105 Å². The summed E-state index contributed by atoms with van der Waals surface area (Å²) in [5.74, 6) is -0.910. The zero-order valence-corrected chi connectivity index (χ0v) is 10.4. The molecule has 0 saturated carbocycles. The zero-order chi connectivity index (χ0) is 13.5. The summed E-state index contributed by atoms with van der Waals surface area (Å²) >= 11 is 0. The molecule has 0 aromatic carbocycles. The molecule has 18 heavy (non-hydrogen) atoms. The molecule has 0 unspecified atom stereocenters. The maximum atomic E-state index is 11.9. The standard InChI is InChI=1S/C12H16N2O4/c1-3-18-12(17)10-6-4-5-9(13-10)11(16)14(2)7-8-15/h4-6,15H,3,7-8H2,1-2H3. The zero-order valence-electron chi connectivity index (χ0n) is 10.4. The third kappa shape index (κ3) is 3.53. The van der Waals surface area contributed by atoms with Gasteiger partial charge in [0, 0.05) is 13.6 Å². The van der Waals surface area contributed by atoms with Gasteiger partial charge in [0.2, 0.25) is 0 Å². The highest BCUT2D eigenvalue weighted by atomic mass is 16.5. The lowest BCUT2D eigenvalue weighted by Gasteiger charge is -2.15. The van der Waals surface area contributed by atoms with Gasteiger partial charge in [0.05, 0.1) is 13.2 Å². The van der Waals surface area contributed by atoms with E-state index < -0.39 is 5.97 Å². The molecule has 1 N–H and O–H groups in total. The topological polar surface area (TPSA) is 79.7 Å². The molecule has 0 atom stereocenters. The molecule has 0 aliphatic rings. The van der Waals surface area contributed by atoms with Gasteiger partial charge < -0.3 is 14.7 Å². The van der Waals surface area contributed by atoms with E-state index in [9.17, 15) is 9.59 Å². The SMILES string of the molecule is CCOC(=O)c1cccc(C(=O)N(C)CCO)n1. The monoisotopic (exact) mass is 252 g/mol. The van der Waals surface area contributed by atoms with Gasteiger partial charge in [-0.15, -0.1) is 0 Å². The number of nitrogens with zero attached hydrogens (tertiary/aromatic N) is 2. The minimum atomic E-state index is -0.558. The summed E-state index contributed by atoms with van der Waals surface area (Å²) < 4.78 is 4.80. The maximum Gasteiger partial charge on any atom is 0.356 e. The van der Waals surface area contributed by atoms with Gasteiger partial charge in [0.1, 0.15) is 11.4 Å². The number of esters is 1. The van der Waals surface area contributed by atoms with Gasteiger partial charge in [-0.1, -0.05) is 6.07 Å². The number of hydrogen-bond acceptors (Lipinski definition) is 5. The highest BCUT2D eigenvalue weighted by Gasteiger charge is 2.15. The molecule has 98 valence electrons. The van der Waals surface area contributed by atoms with Gasteiger partial charge in [0.15, 0.2) is 0 Å². The quantitative estimate of drug-likeness (QED) is 0.763. The average molecular weight is 252 g/mol. The molecular weight excluding hydrogens is 236 g/mol. The minimum absolute atomic E-state index is 0.0973. The van der Waals surface area contributed by atoms with Gasteiger partial charge in [-0.3, -0.25) is 4.79 Å². The Kier molecular flexibility index (Phi) is 5.26. The molecule has 0 fully saturated rings. The van der Waals surface area contributed by atoms with Crippen molar-refractivity contribution in [3.05, 3.63) is 29.6 Å². The predicted molar refractivity (Wildman–Crippen MR) is 64.2 cm³/mol. The Bertz CT molecular complexity index is 434. The van der Waals surface area contributed by atoms with E-state index in [4.69, 9.17) is 9.84 Å². The molecule has 0 aliphatic carbocycles. The van der Waals surface area contributed by atoms with Crippen molar-refractivity contribution >= 4 is 11.9 Å². The molecule has 1 rings (SSSR count). The van der Waals surface area contributed by atoms with Crippen molar-refractivity contribution < 1.29 is 19.4 Å². The maximum absolute atomic E-state index is 11.9. The van der Waals surface area contributed by atoms with Crippen molar-refractivity contribution in [1.82, 2.24) is 9.88 Å². The van der Waals surface area contributed by atoms with Crippen LogP contribution in [0.5, 0.6) is 0 Å². The average Bonchev–Trinajstić information content (AvgIpc) is 2.38. The minimum Gasteiger partial charge on any atom is -0.461 e. The molecular formula is C12H16N2O4. The van der Waals surface area contributed by atoms with Crippen LogP contribution in [-0.4, -0.2) is 53.7 Å². The predicted octanol–water partition coefficient (Wildman–Crippen LogP) is 0.323. The highest BCUT2D eigenvalue weighted by Crippen LogP contribution is 2.04. The third-order valence-electron chi connectivity index (χ3n) is 2.23. The molecule has 1 aromatic heterocycles. The second kappa shape index (κ2) is 6.70. The Hall–Kier alpha value is -1.95. The Morgan fingerprint density at radius 1 is 1.39 bits per heavy atom. The van der Waals surface area contributed by atoms with Gasteiger partial charge in [0.25, 0.3) is 5.91 Å². The van der Waals surface area contributed by atoms with Crippen LogP contribution in [0.25, 0.3) is 0 Å². The number of amides is 1. The van der Waals surface area contributed by atoms with E-state index in [1.54, 1.807) is 20.0 Å². The molecule has 0 spiro atoms. The lowest BCUT2D eigenvalue weighted by atomic mass is 10.2. The summed E-state index contributed by atoms with van der Waals surface area (Å²) in [4.78, 5) is 28.6. The molecule has 1 aromatic rings. The largest absolute Gasteiger partial charge is 0.461 e. The van der Waals surface area contributed by atoms with Crippen molar-refractivity contribution in [2.24, 2.45) is 0 Å². The number of aliphatic hydroxyl groups excluding tert-OH is 1. The molecule has 0 bridgehead atoms. The summed E-state index contributed by atoms with van der Waals surface area (Å²) in [6, 6.07) is 4.57. The van der Waals surface area contributed by atoms with Crippen LogP contribution in [0.4, 0.5) is 0 Å². The van der Waals surface area contributed by atoms with E-state index in [2.05, 4.69) is 4.98 Å². The molecule has 6 heteroatoms. The summed E-state index contributed by atoms with van der Waals surface area (Å²) in [6.07, 6.45) is 0. The number of likely N-dealkylation sites (N-methyl/N-ethyl adjacent to an activating group) is 1. The molecule has 0 radical (unpaired) electrons. The number of aliphatic hydroxyl groups is 1. The van der Waals surface area contributed by atoms with Crippen LogP contribution in [0.15, 0.2) is 18.2 Å². The Morgan fingerprint density at radius 2 is 2.06 bits per heavy atom. The van der Waals surface area contributed by atoms with Crippen LogP contribution in [0.2, 0.25) is 0 Å². The number of rotatable bonds is 5. The number of ether oxygens (including phenoxy) is 1. The molecule has 0 aliphatic heterocycles. The molecule has 1 amide bonds. The fourth-order valence-electron chi connectivity index (χ4n) is 1.32. The molecule has 1 heterocycles. The first-order chi connectivity index (χ1) is 8.60. The fraction of sp³-hybridized carbons (Fsp3) is 0.417. The van der Waals surface area contributed by atoms with Crippen molar-refractivity contribution in [3.63, 3.8) is 0 Å². The third-order valence-corrected chi connectivity index (χ3v) is 2.23. The van der Waals surface area contributed by atoms with Crippen molar-refractivity contribution in [3.8, 4) is 0 Å². The van der Waals surface area contributed by atoms with Crippen LogP contribution in [0.3, 0.4) is 0 Å². The first kappa shape index (κ1) is 14.1. The van der Waals surface area contributed by atoms with E-state index in [0.29, 0.717) is 0 Å². The summed E-state index contributed by atoms with van der Waals surface area (Å²) in [7, 11) is 1.55. The number of pyridine rings is 1. The second-order valence-electron chi connectivity index (χ2n) is 3.58. The molecule has 6 nitrogen and oxygen atoms in total. The number of hydrogen-bond donors (Lipinski definition) is 1. The van der Waals surface area contributed by atoms with Crippen molar-refractivity contribution in [2.75, 3.05) is 26.8 Å². The lowest BCUT2D eigenvalue weighted by Crippen LogP contribution is -2.30. The van der Waals surface area contributed by atoms with E-state index in [-0.39, 0.29) is 37.1 Å². The van der Waals surface area contributed by atoms with Gasteiger partial charge in [-0.25, -0.2) is 9.78 Å². The summed E-state index contributed by atoms with van der Waals surface area (Å²) in [5, 5.41) is 8.76. The first-order valence-corrected chi connectivity index (χ1v) is 5.60. The van der Waals surface area contributed by atoms with Crippen LogP contribution in [-0.2, 0) is 4.74 Å². The van der Waals surface area contributed by atoms with Gasteiger partial charge in [-0.2, -0.15) is 0 Å². The summed E-state index contributed by atoms with van der Waals surface area (Å²) in [6.45, 7) is 2.04. The van der Waals surface area contributed by atoms with E-state index in [1.807, 2.05) is 0 Å². The highest BCUT2D eigenvalue weighted by molar-refractivity contribution is 5.94. The normalized spacial score (nSPS) is 9.94. The Balaban J connectivity index is 2.88. The smallest absolute Gasteiger partial charge is 0.356 e. The number of aromatic nitrogens is 1. The first-order valence-electron chi connectivity index (χ1n) is 5.60. The van der Waals surface area contributed by atoms with Crippen LogP contribution in [0, 0.1) is 0 Å². The molecule has 0 saturated heterocycles. The van der Waals surface area contributed by atoms with Crippen LogP contribution in [0.1, 0.15) is 27.9 Å². The van der Waals surface area contributed by atoms with E-state index >= 15 is 0 Å². The van der Waals surface area contributed by atoms with Crippen LogP contribution < -0.4 is 0 Å². The fourth-order valence-corrected chi connectivity index (χ4v) is 1.32. The van der Waals surface area contributed by atoms with Crippen molar-refractivity contribution in [1.29, 1.82) is 0 Å². The number of carbonyl (C=O) groups is 2. The van der Waals surface area contributed by atoms with Crippen LogP contribution >= 0.6 is 0 Å². The Morgan fingerprint density at radius 3 is 2.67 bits per heavy atom. The number of carbonyl (C=O) groups excluding carboxylic acids is 2. The summed E-state index contributed by atoms with van der Waals surface area (Å²) in [5.41, 5.74) is 0.247. The van der Waals surface area contributed by atoms with Gasteiger partial charge in [-0.05, 0) is 19.1 Å². The van der Waals surface area contributed by atoms with E-state index in [1.165, 1.54) is 17.0 Å².